The number of hydrogen-bond donors (Lipinski definition) is 0. The van der Waals surface area contributed by atoms with Crippen LogP contribution in [0, 0.1) is 0 Å². The third-order valence-electron chi connectivity index (χ3n) is 9.91. The largest absolute Gasteiger partial charge is 0.493 e. The van der Waals surface area contributed by atoms with Crippen molar-refractivity contribution in [2.75, 3.05) is 27.9 Å². The van der Waals surface area contributed by atoms with Gasteiger partial charge in [0.25, 0.3) is 0 Å². The Morgan fingerprint density at radius 2 is 0.922 bits per heavy atom. The van der Waals surface area contributed by atoms with Gasteiger partial charge in [0.15, 0.2) is 59.5 Å². The van der Waals surface area contributed by atoms with Crippen LogP contribution in [0.3, 0.4) is 0 Å². The van der Waals surface area contributed by atoms with Gasteiger partial charge in [-0.05, 0) is 19.1 Å². The molecule has 23 heteroatoms. The van der Waals surface area contributed by atoms with E-state index in [0.717, 1.165) is 41.5 Å². The van der Waals surface area contributed by atoms with Crippen molar-refractivity contribution >= 4 is 68.5 Å². The Bertz CT molecular complexity index is 2570. The summed E-state index contributed by atoms with van der Waals surface area (Å²) in [7, 11) is 3.83. The Labute approximate surface area is 361 Å². The van der Waals surface area contributed by atoms with Gasteiger partial charge in [-0.15, -0.1) is 0 Å². The van der Waals surface area contributed by atoms with Gasteiger partial charge < -0.3 is 70.4 Å². The number of carbonyl (C=O) groups is 6. The minimum atomic E-state index is -1.86. The number of esters is 6. The first kappa shape index (κ1) is 46.8. The molecule has 2 aliphatic heterocycles. The summed E-state index contributed by atoms with van der Waals surface area (Å²) in [6, 6.07) is 2.53. The van der Waals surface area contributed by atoms with E-state index in [2.05, 4.69) is 0 Å². The molecule has 64 heavy (non-hydrogen) atoms. The molecule has 0 bridgehead atoms. The molecule has 2 aromatic carbocycles. The van der Waals surface area contributed by atoms with Gasteiger partial charge >= 0.3 is 47.1 Å². The summed E-state index contributed by atoms with van der Waals surface area (Å²) >= 11 is 0. The van der Waals surface area contributed by atoms with Crippen molar-refractivity contribution in [2.24, 2.45) is 0 Å². The molecule has 0 spiro atoms. The quantitative estimate of drug-likeness (QED) is 0.0756. The van der Waals surface area contributed by atoms with Crippen LogP contribution in [0.15, 0.2) is 30.6 Å². The van der Waals surface area contributed by atoms with Crippen LogP contribution in [-0.2, 0) is 71.4 Å². The van der Waals surface area contributed by atoms with E-state index in [1.807, 2.05) is 0 Å². The van der Waals surface area contributed by atoms with Gasteiger partial charge in [0.2, 0.25) is 23.9 Å². The first-order valence-electron chi connectivity index (χ1n) is 19.4. The number of methoxy groups -OCH3 is 3. The smallest absolute Gasteiger partial charge is 0.344 e. The summed E-state index contributed by atoms with van der Waals surface area (Å²) in [6.07, 6.45) is -15.5. The molecule has 0 aliphatic carbocycles. The van der Waals surface area contributed by atoms with E-state index >= 15 is 0 Å². The molecular weight excluding hydrogens is 860 g/mol. The highest BCUT2D eigenvalue weighted by atomic mass is 16.8. The van der Waals surface area contributed by atoms with E-state index in [4.69, 9.17) is 70.4 Å². The molecule has 23 nitrogen and oxygen atoms in total. The molecule has 4 aromatic rings. The minimum Gasteiger partial charge on any atom is -0.493 e. The number of hydrogen-bond acceptors (Lipinski definition) is 23. The predicted molar refractivity (Wildman–Crippen MR) is 210 cm³/mol. The summed E-state index contributed by atoms with van der Waals surface area (Å²) in [5.41, 5.74) is -2.29. The van der Waals surface area contributed by atoms with Crippen LogP contribution in [0.1, 0.15) is 48.5 Å². The minimum absolute atomic E-state index is 0.00509. The Morgan fingerprint density at radius 3 is 1.39 bits per heavy atom. The van der Waals surface area contributed by atoms with Gasteiger partial charge in [-0.25, -0.2) is 9.59 Å². The Morgan fingerprint density at radius 1 is 0.516 bits per heavy atom. The Balaban J connectivity index is 1.46. The maximum absolute atomic E-state index is 13.7. The molecule has 0 N–H and O–H groups in total. The molecule has 0 unspecified atom stereocenters. The zero-order valence-corrected chi connectivity index (χ0v) is 36.0. The summed E-state index contributed by atoms with van der Waals surface area (Å²) in [5, 5.41) is -0.0409. The lowest BCUT2D eigenvalue weighted by molar-refractivity contribution is -0.323. The predicted octanol–water partition coefficient (Wildman–Crippen LogP) is 1.97. The average Bonchev–Trinajstić information content (AvgIpc) is 3.20. The number of carbonyl (C=O) groups excluding carboxylic acids is 6. The fourth-order valence-corrected chi connectivity index (χ4v) is 7.67. The Kier molecular flexibility index (Phi) is 13.8. The first-order chi connectivity index (χ1) is 30.3. The van der Waals surface area contributed by atoms with Crippen LogP contribution >= 0.6 is 0 Å². The van der Waals surface area contributed by atoms with E-state index in [9.17, 15) is 38.4 Å². The van der Waals surface area contributed by atoms with E-state index in [1.54, 1.807) is 0 Å². The standard InChI is InChI=1S/C41H44O23/c1-14-28(55-15(2)42)34(57-17(4)44)36(59-19(6)46)40(54-14)53-13-25-31(56-16(3)43)35(58-18(5)45)37(60-20(7)47)41(62-25)61-24-12-22-27-26-21(38(48)64-33(27)30(24)52-10)11-23(50-8)29(51-9)32(26)63-39(22)49/h11-12,14,25,28,31,34-37,40-41H,13H2,1-10H3/t14-,25+,28-,31+,34+,35-,36+,37+,40+,41+/m0/s1. The zero-order valence-electron chi connectivity index (χ0n) is 36.0. The zero-order chi connectivity index (χ0) is 46.9. The topological polar surface area (TPSA) is 283 Å². The molecule has 10 atom stereocenters. The van der Waals surface area contributed by atoms with Crippen molar-refractivity contribution in [3.8, 4) is 23.0 Å². The van der Waals surface area contributed by atoms with E-state index in [1.165, 1.54) is 40.4 Å². The highest BCUT2D eigenvalue weighted by Gasteiger charge is 2.55. The summed E-state index contributed by atoms with van der Waals surface area (Å²) < 4.78 is 85.7. The van der Waals surface area contributed by atoms with Crippen LogP contribution in [-0.4, -0.2) is 125 Å². The van der Waals surface area contributed by atoms with Crippen molar-refractivity contribution < 1.29 is 99.2 Å². The van der Waals surface area contributed by atoms with Crippen molar-refractivity contribution in [1.29, 1.82) is 0 Å². The maximum atomic E-state index is 13.7. The van der Waals surface area contributed by atoms with Gasteiger partial charge in [0.05, 0.1) is 44.8 Å². The SMILES string of the molecule is COc1cc2c(=O)oc3c(OC)c(O[C@@H]4O[C@H](CO[C@@H]5O[C@@H](C)[C@H](OC(C)=O)[C@@H](OC(C)=O)[C@H]5OC(C)=O)[C@@H](OC(C)=O)[C@H](OC(C)=O)[C@H]4OC(C)=O)cc4c(=O)oc(c1OC)c2c34. The number of rotatable bonds is 14. The van der Waals surface area contributed by atoms with Crippen molar-refractivity contribution in [1.82, 2.24) is 0 Å². The van der Waals surface area contributed by atoms with E-state index in [0.29, 0.717) is 0 Å². The lowest BCUT2D eigenvalue weighted by atomic mass is 9.97. The molecular formula is C41H44O23. The molecule has 0 saturated carbocycles. The highest BCUT2D eigenvalue weighted by Crippen LogP contribution is 2.47. The van der Waals surface area contributed by atoms with Crippen LogP contribution in [0.2, 0.25) is 0 Å². The van der Waals surface area contributed by atoms with E-state index in [-0.39, 0.29) is 55.7 Å². The second-order valence-electron chi connectivity index (χ2n) is 14.5. The summed E-state index contributed by atoms with van der Waals surface area (Å²) in [4.78, 5) is 102. The Hall–Kier alpha value is -6.72. The fraction of sp³-hybridized carbons (Fsp3) is 0.512. The number of ether oxygens (including phenoxy) is 13. The van der Waals surface area contributed by atoms with Crippen LogP contribution in [0.25, 0.3) is 32.7 Å². The van der Waals surface area contributed by atoms with E-state index < -0.39 is 115 Å². The first-order valence-corrected chi connectivity index (χ1v) is 19.4. The second-order valence-corrected chi connectivity index (χ2v) is 14.5. The fourth-order valence-electron chi connectivity index (χ4n) is 7.67. The molecule has 2 saturated heterocycles. The molecule has 2 fully saturated rings. The lowest BCUT2D eigenvalue weighted by Gasteiger charge is -2.46. The molecule has 346 valence electrons. The molecule has 6 rings (SSSR count). The van der Waals surface area contributed by atoms with Gasteiger partial charge in [-0.3, -0.25) is 28.8 Å². The van der Waals surface area contributed by atoms with Crippen molar-refractivity contribution in [3.05, 3.63) is 33.0 Å². The monoisotopic (exact) mass is 904 g/mol. The number of benzene rings is 2. The van der Waals surface area contributed by atoms with Gasteiger partial charge in [-0.1, -0.05) is 0 Å². The van der Waals surface area contributed by atoms with Gasteiger partial charge in [0, 0.05) is 52.3 Å². The highest BCUT2D eigenvalue weighted by molar-refractivity contribution is 6.22. The van der Waals surface area contributed by atoms with Crippen molar-refractivity contribution in [3.63, 3.8) is 0 Å². The van der Waals surface area contributed by atoms with Crippen LogP contribution < -0.4 is 30.2 Å². The summed E-state index contributed by atoms with van der Waals surface area (Å²) in [5.74, 6) is -5.83. The van der Waals surface area contributed by atoms with Gasteiger partial charge in [-0.2, -0.15) is 0 Å². The van der Waals surface area contributed by atoms with Crippen molar-refractivity contribution in [2.45, 2.75) is 110 Å². The van der Waals surface area contributed by atoms with Crippen LogP contribution in [0.4, 0.5) is 0 Å². The second kappa shape index (κ2) is 18.9. The summed E-state index contributed by atoms with van der Waals surface area (Å²) in [6.45, 7) is 7.09. The maximum Gasteiger partial charge on any atom is 0.344 e. The molecule has 4 heterocycles. The third-order valence-corrected chi connectivity index (χ3v) is 9.91. The average molecular weight is 905 g/mol. The molecule has 0 amide bonds. The van der Waals surface area contributed by atoms with Crippen LogP contribution in [0.5, 0.6) is 23.0 Å². The van der Waals surface area contributed by atoms with Gasteiger partial charge in [0.1, 0.15) is 6.10 Å². The normalized spacial score (nSPS) is 25.5. The lowest BCUT2D eigenvalue weighted by Crippen LogP contribution is -2.64. The molecule has 2 aromatic heterocycles. The molecule has 0 radical (unpaired) electrons. The molecule has 2 aliphatic rings. The third kappa shape index (κ3) is 9.31.